The van der Waals surface area contributed by atoms with Crippen LogP contribution in [0.15, 0.2) is 134 Å². The summed E-state index contributed by atoms with van der Waals surface area (Å²) in [6.45, 7) is 3.88. The van der Waals surface area contributed by atoms with Crippen molar-refractivity contribution in [3.05, 3.63) is 157 Å². The van der Waals surface area contributed by atoms with Gasteiger partial charge in [0.1, 0.15) is 28.7 Å². The van der Waals surface area contributed by atoms with Gasteiger partial charge in [0, 0.05) is 70.1 Å². The Bertz CT molecular complexity index is 2350. The van der Waals surface area contributed by atoms with Crippen molar-refractivity contribution in [3.8, 4) is 11.4 Å². The number of hydrogen-bond donors (Lipinski definition) is 2. The lowest BCUT2D eigenvalue weighted by molar-refractivity contribution is -0.121. The Hall–Kier alpha value is -6.75. The molecule has 0 saturated heterocycles. The van der Waals surface area contributed by atoms with Crippen molar-refractivity contribution < 1.29 is 13.6 Å². The van der Waals surface area contributed by atoms with Crippen molar-refractivity contribution >= 4 is 51.1 Å². The number of carbonyl (C=O) groups is 1. The van der Waals surface area contributed by atoms with E-state index in [4.69, 9.17) is 9.97 Å². The second kappa shape index (κ2) is 13.5. The molecular weight excluding hydrogens is 659 g/mol. The van der Waals surface area contributed by atoms with Crippen LogP contribution in [0.3, 0.4) is 0 Å². The van der Waals surface area contributed by atoms with Gasteiger partial charge in [0.15, 0.2) is 0 Å². The summed E-state index contributed by atoms with van der Waals surface area (Å²) < 4.78 is 30.6. The summed E-state index contributed by atoms with van der Waals surface area (Å²) in [6.07, 6.45) is 7.36. The first kappa shape index (κ1) is 32.5. The average molecular weight is 691 g/mol. The third kappa shape index (κ3) is 6.47. The summed E-state index contributed by atoms with van der Waals surface area (Å²) >= 11 is 0. The minimum absolute atomic E-state index is 0.117. The van der Waals surface area contributed by atoms with Crippen LogP contribution < -0.4 is 10.6 Å². The Balaban J connectivity index is 0.959. The number of carbonyl (C=O) groups excluding carboxylic acids is 1. The second-order valence-corrected chi connectivity index (χ2v) is 12.6. The fourth-order valence-electron chi connectivity index (χ4n) is 6.25. The van der Waals surface area contributed by atoms with Crippen molar-refractivity contribution in [2.75, 3.05) is 10.6 Å². The van der Waals surface area contributed by atoms with Gasteiger partial charge in [-0.3, -0.25) is 4.79 Å². The largest absolute Gasteiger partial charge is 0.324 e. The third-order valence-electron chi connectivity index (χ3n) is 9.25. The number of ketones is 1. The molecule has 0 aliphatic rings. The summed E-state index contributed by atoms with van der Waals surface area (Å²) in [5.41, 5.74) is 6.44. The van der Waals surface area contributed by atoms with Gasteiger partial charge in [-0.15, -0.1) is 0 Å². The zero-order chi connectivity index (χ0) is 35.8. The van der Waals surface area contributed by atoms with Gasteiger partial charge in [-0.25, -0.2) is 18.7 Å². The van der Waals surface area contributed by atoms with E-state index < -0.39 is 0 Å². The number of Topliss-reactive ketones (excluding diaryl/α,β-unsaturated/α-hetero) is 1. The number of nitrogens with one attached hydrogen (secondary N) is 2. The van der Waals surface area contributed by atoms with Gasteiger partial charge in [0.05, 0.1) is 0 Å². The zero-order valence-electron chi connectivity index (χ0n) is 28.2. The van der Waals surface area contributed by atoms with Crippen molar-refractivity contribution in [3.63, 3.8) is 0 Å². The number of hydrogen-bond acceptors (Lipinski definition) is 7. The Morgan fingerprint density at radius 3 is 1.33 bits per heavy atom. The molecule has 0 fully saturated rings. The number of fused-ring (bicyclic) bond motifs is 2. The van der Waals surface area contributed by atoms with E-state index in [0.717, 1.165) is 44.6 Å². The maximum absolute atomic E-state index is 13.7. The SMILES string of the molecule is CC(C(=O)C(C)c1ccc(-n2ccc3cnc(Nc4ccc(F)cc4)nc32)cc1)c1ccc(-n2ccc3cnc(Nc4ccc(F)cc4)nc32)cc1. The van der Waals surface area contributed by atoms with Crippen LogP contribution in [0.2, 0.25) is 0 Å². The molecule has 0 spiro atoms. The fraction of sp³-hybridized carbons (Fsp3) is 0.0976. The standard InChI is InChI=1S/C41H32F2N8O/c1-25(27-3-15-35(16-4-27)50-21-19-29-23-44-40(48-38(29)50)46-33-11-7-31(42)8-12-33)37(52)26(2)28-5-17-36(18-6-28)51-22-20-30-24-45-41(49-39(30)51)47-34-13-9-32(43)10-14-34/h3-26H,1-2H3,(H,44,46,48)(H,45,47,49). The molecular formula is C41H32F2N8O. The Labute approximate surface area is 297 Å². The van der Waals surface area contributed by atoms with E-state index >= 15 is 0 Å². The molecule has 9 nitrogen and oxygen atoms in total. The molecule has 2 unspecified atom stereocenters. The number of aromatic nitrogens is 6. The van der Waals surface area contributed by atoms with Gasteiger partial charge in [0.2, 0.25) is 11.9 Å². The van der Waals surface area contributed by atoms with E-state index in [2.05, 4.69) is 20.6 Å². The van der Waals surface area contributed by atoms with E-state index in [1.54, 1.807) is 36.7 Å². The highest BCUT2D eigenvalue weighted by molar-refractivity contribution is 5.91. The van der Waals surface area contributed by atoms with Gasteiger partial charge in [-0.2, -0.15) is 9.97 Å². The lowest BCUT2D eigenvalue weighted by atomic mass is 9.86. The predicted octanol–water partition coefficient (Wildman–Crippen LogP) is 9.40. The van der Waals surface area contributed by atoms with E-state index in [0.29, 0.717) is 23.3 Å². The minimum atomic E-state index is -0.323. The van der Waals surface area contributed by atoms with Crippen LogP contribution in [0.25, 0.3) is 33.4 Å². The molecule has 4 heterocycles. The number of nitrogens with zero attached hydrogens (tertiary/aromatic N) is 6. The summed E-state index contributed by atoms with van der Waals surface area (Å²) in [6, 6.07) is 31.8. The molecule has 2 atom stereocenters. The number of halogens is 2. The molecule has 8 aromatic rings. The Morgan fingerprint density at radius 1 is 0.558 bits per heavy atom. The monoisotopic (exact) mass is 690 g/mol. The zero-order valence-corrected chi connectivity index (χ0v) is 28.2. The Morgan fingerprint density at radius 2 is 0.942 bits per heavy atom. The van der Waals surface area contributed by atoms with Crippen molar-refractivity contribution in [2.45, 2.75) is 25.7 Å². The maximum atomic E-state index is 13.7. The summed E-state index contributed by atoms with van der Waals surface area (Å²) in [7, 11) is 0. The van der Waals surface area contributed by atoms with Gasteiger partial charge in [-0.1, -0.05) is 38.1 Å². The maximum Gasteiger partial charge on any atom is 0.229 e. The summed E-state index contributed by atoms with van der Waals surface area (Å²) in [5, 5.41) is 7.99. The van der Waals surface area contributed by atoms with E-state index in [9.17, 15) is 13.6 Å². The smallest absolute Gasteiger partial charge is 0.229 e. The molecule has 0 saturated carbocycles. The number of benzene rings is 4. The number of rotatable bonds is 10. The first-order chi connectivity index (χ1) is 25.3. The molecule has 52 heavy (non-hydrogen) atoms. The molecule has 256 valence electrons. The van der Waals surface area contributed by atoms with E-state index in [1.165, 1.54) is 24.3 Å². The van der Waals surface area contributed by atoms with Crippen LogP contribution in [-0.4, -0.2) is 34.9 Å². The highest BCUT2D eigenvalue weighted by Crippen LogP contribution is 2.29. The molecule has 0 bridgehead atoms. The molecule has 0 aliphatic heterocycles. The summed E-state index contributed by atoms with van der Waals surface area (Å²) in [5.74, 6) is -0.354. The fourth-order valence-corrected chi connectivity index (χ4v) is 6.25. The van der Waals surface area contributed by atoms with Crippen LogP contribution in [0.4, 0.5) is 32.1 Å². The second-order valence-electron chi connectivity index (χ2n) is 12.6. The molecule has 0 aliphatic carbocycles. The quantitative estimate of drug-likeness (QED) is 0.147. The molecule has 0 radical (unpaired) electrons. The van der Waals surface area contributed by atoms with Crippen molar-refractivity contribution in [1.82, 2.24) is 29.1 Å². The molecule has 11 heteroatoms. The Kier molecular flexibility index (Phi) is 8.44. The van der Waals surface area contributed by atoms with Gasteiger partial charge in [-0.05, 0) is 96.1 Å². The van der Waals surface area contributed by atoms with Gasteiger partial charge < -0.3 is 19.8 Å². The first-order valence-electron chi connectivity index (χ1n) is 16.8. The topological polar surface area (TPSA) is 103 Å². The average Bonchev–Trinajstić information content (AvgIpc) is 3.80. The van der Waals surface area contributed by atoms with Crippen molar-refractivity contribution in [2.24, 2.45) is 0 Å². The normalized spacial score (nSPS) is 12.5. The minimum Gasteiger partial charge on any atom is -0.324 e. The summed E-state index contributed by atoms with van der Waals surface area (Å²) in [4.78, 5) is 31.9. The van der Waals surface area contributed by atoms with Crippen LogP contribution in [0, 0.1) is 11.6 Å². The molecule has 2 N–H and O–H groups in total. The molecule has 4 aromatic heterocycles. The van der Waals surface area contributed by atoms with Gasteiger partial charge in [0.25, 0.3) is 0 Å². The highest BCUT2D eigenvalue weighted by atomic mass is 19.1. The van der Waals surface area contributed by atoms with Crippen molar-refractivity contribution in [1.29, 1.82) is 0 Å². The van der Waals surface area contributed by atoms with E-state index in [1.807, 2.05) is 96.0 Å². The van der Waals surface area contributed by atoms with E-state index in [-0.39, 0.29) is 29.3 Å². The highest BCUT2D eigenvalue weighted by Gasteiger charge is 2.23. The van der Waals surface area contributed by atoms with Crippen LogP contribution in [0.5, 0.6) is 0 Å². The van der Waals surface area contributed by atoms with Gasteiger partial charge >= 0.3 is 0 Å². The third-order valence-corrected chi connectivity index (χ3v) is 9.25. The van der Waals surface area contributed by atoms with Crippen LogP contribution in [0.1, 0.15) is 36.8 Å². The molecule has 8 rings (SSSR count). The molecule has 4 aromatic carbocycles. The van der Waals surface area contributed by atoms with Crippen LogP contribution in [-0.2, 0) is 4.79 Å². The number of anilines is 4. The lowest BCUT2D eigenvalue weighted by Crippen LogP contribution is -2.16. The first-order valence-corrected chi connectivity index (χ1v) is 16.8. The lowest BCUT2D eigenvalue weighted by Gasteiger charge is -2.18. The predicted molar refractivity (Wildman–Crippen MR) is 199 cm³/mol. The van der Waals surface area contributed by atoms with Crippen LogP contribution >= 0.6 is 0 Å². The molecule has 0 amide bonds.